The van der Waals surface area contributed by atoms with Crippen molar-refractivity contribution in [3.05, 3.63) is 60.6 Å². The predicted molar refractivity (Wildman–Crippen MR) is 137 cm³/mol. The molecule has 9 nitrogen and oxygen atoms in total. The monoisotopic (exact) mass is 474 g/mol. The summed E-state index contributed by atoms with van der Waals surface area (Å²) in [5, 5.41) is 18.5. The lowest BCUT2D eigenvalue weighted by Gasteiger charge is -2.44. The Balaban J connectivity index is 1.32. The largest absolute Gasteiger partial charge is 0.489 e. The van der Waals surface area contributed by atoms with Gasteiger partial charge in [-0.3, -0.25) is 10.1 Å². The molecule has 9 heteroatoms. The number of pyridine rings is 1. The maximum absolute atomic E-state index is 9.86. The van der Waals surface area contributed by atoms with Gasteiger partial charge in [0.1, 0.15) is 23.6 Å². The third kappa shape index (κ3) is 3.26. The molecule has 3 aromatic heterocycles. The fourth-order valence-electron chi connectivity index (χ4n) is 5.29. The molecule has 1 fully saturated rings. The number of hydrogen-bond donors (Lipinski definition) is 1. The van der Waals surface area contributed by atoms with Crippen molar-refractivity contribution in [2.24, 2.45) is 0 Å². The summed E-state index contributed by atoms with van der Waals surface area (Å²) in [7, 11) is 2.16. The third-order valence-corrected chi connectivity index (χ3v) is 7.12. The van der Waals surface area contributed by atoms with Crippen molar-refractivity contribution in [3.8, 4) is 34.2 Å². The summed E-state index contributed by atoms with van der Waals surface area (Å²) in [4.78, 5) is 17.9. The normalized spacial score (nSPS) is 17.4. The number of aromatic amines is 1. The van der Waals surface area contributed by atoms with E-state index in [9.17, 15) is 5.26 Å². The number of fused-ring (bicyclic) bond motifs is 5. The average molecular weight is 475 g/mol. The second-order valence-electron chi connectivity index (χ2n) is 9.35. The van der Waals surface area contributed by atoms with Crippen LogP contribution >= 0.6 is 0 Å². The summed E-state index contributed by atoms with van der Waals surface area (Å²) in [6, 6.07) is 14.8. The van der Waals surface area contributed by atoms with Crippen LogP contribution < -0.4 is 9.64 Å². The summed E-state index contributed by atoms with van der Waals surface area (Å²) in [5.74, 6) is 0.885. The summed E-state index contributed by atoms with van der Waals surface area (Å²) in [5.41, 5.74) is 7.10. The van der Waals surface area contributed by atoms with E-state index in [1.807, 2.05) is 18.2 Å². The zero-order valence-corrected chi connectivity index (χ0v) is 19.6. The molecule has 2 aromatic carbocycles. The maximum atomic E-state index is 9.86. The molecular formula is C27H22N8O. The van der Waals surface area contributed by atoms with Crippen molar-refractivity contribution in [1.29, 1.82) is 5.26 Å². The first kappa shape index (κ1) is 20.8. The Morgan fingerprint density at radius 2 is 1.97 bits per heavy atom. The number of H-pyrrole nitrogens is 1. The molecule has 5 heterocycles. The predicted octanol–water partition coefficient (Wildman–Crippen LogP) is 3.62. The van der Waals surface area contributed by atoms with Crippen LogP contribution in [0.25, 0.3) is 44.5 Å². The first-order chi connectivity index (χ1) is 17.7. The first-order valence-corrected chi connectivity index (χ1v) is 11.9. The van der Waals surface area contributed by atoms with Crippen molar-refractivity contribution in [2.75, 3.05) is 38.2 Å². The van der Waals surface area contributed by atoms with Crippen molar-refractivity contribution < 1.29 is 4.74 Å². The zero-order valence-electron chi connectivity index (χ0n) is 19.6. The quantitative estimate of drug-likeness (QED) is 0.413. The number of hydrogen-bond acceptors (Lipinski definition) is 8. The van der Waals surface area contributed by atoms with E-state index in [0.29, 0.717) is 29.4 Å². The molecule has 7 rings (SSSR count). The number of likely N-dealkylation sites (N-methyl/N-ethyl adjacent to an activating group) is 1. The van der Waals surface area contributed by atoms with Crippen molar-refractivity contribution >= 4 is 27.8 Å². The Bertz CT molecular complexity index is 1690. The Labute approximate surface area is 207 Å². The molecule has 0 saturated carbocycles. The molecule has 1 saturated heterocycles. The van der Waals surface area contributed by atoms with Crippen molar-refractivity contribution in [3.63, 3.8) is 0 Å². The molecule has 0 radical (unpaired) electrons. The lowest BCUT2D eigenvalue weighted by atomic mass is 9.97. The van der Waals surface area contributed by atoms with Crippen LogP contribution in [0.15, 0.2) is 55.0 Å². The van der Waals surface area contributed by atoms with E-state index in [2.05, 4.69) is 66.3 Å². The topological polar surface area (TPSA) is 107 Å². The van der Waals surface area contributed by atoms with Gasteiger partial charge in [0.15, 0.2) is 5.65 Å². The van der Waals surface area contributed by atoms with E-state index in [0.717, 1.165) is 64.4 Å². The smallest absolute Gasteiger partial charge is 0.178 e. The van der Waals surface area contributed by atoms with Gasteiger partial charge in [0.2, 0.25) is 0 Å². The van der Waals surface area contributed by atoms with E-state index >= 15 is 0 Å². The number of rotatable bonds is 2. The van der Waals surface area contributed by atoms with Gasteiger partial charge in [-0.1, -0.05) is 6.07 Å². The lowest BCUT2D eigenvalue weighted by Crippen LogP contribution is -2.56. The molecule has 0 aliphatic carbocycles. The molecule has 1 atom stereocenters. The molecule has 0 bridgehead atoms. The lowest BCUT2D eigenvalue weighted by molar-refractivity contribution is 0.188. The number of benzene rings is 2. The Morgan fingerprint density at radius 3 is 2.89 bits per heavy atom. The van der Waals surface area contributed by atoms with Crippen LogP contribution in [0.4, 0.5) is 5.69 Å². The number of nitriles is 1. The van der Waals surface area contributed by atoms with E-state index in [1.54, 1.807) is 18.6 Å². The van der Waals surface area contributed by atoms with Crippen LogP contribution in [0.3, 0.4) is 0 Å². The average Bonchev–Trinajstić information content (AvgIpc) is 3.34. The van der Waals surface area contributed by atoms with Gasteiger partial charge in [0.25, 0.3) is 0 Å². The number of nitrogens with zero attached hydrogens (tertiary/aromatic N) is 7. The highest BCUT2D eigenvalue weighted by molar-refractivity contribution is 5.98. The maximum Gasteiger partial charge on any atom is 0.178 e. The molecule has 2 aliphatic heterocycles. The summed E-state index contributed by atoms with van der Waals surface area (Å²) in [6.45, 7) is 3.72. The fraction of sp³-hybridized carbons (Fsp3) is 0.222. The highest BCUT2D eigenvalue weighted by atomic mass is 16.5. The van der Waals surface area contributed by atoms with Gasteiger partial charge < -0.3 is 14.5 Å². The minimum atomic E-state index is 0.375. The minimum Gasteiger partial charge on any atom is -0.489 e. The van der Waals surface area contributed by atoms with Gasteiger partial charge in [-0.15, -0.1) is 0 Å². The van der Waals surface area contributed by atoms with Crippen LogP contribution in [-0.4, -0.2) is 69.4 Å². The number of anilines is 1. The molecular weight excluding hydrogens is 452 g/mol. The Hall–Kier alpha value is -4.55. The molecule has 1 N–H and O–H groups in total. The van der Waals surface area contributed by atoms with Gasteiger partial charge >= 0.3 is 0 Å². The molecule has 0 amide bonds. The van der Waals surface area contributed by atoms with Gasteiger partial charge in [-0.05, 0) is 37.4 Å². The van der Waals surface area contributed by atoms with E-state index in [1.165, 1.54) is 0 Å². The number of nitrogens with one attached hydrogen (secondary N) is 1. The number of ether oxygens (including phenoxy) is 1. The molecule has 5 aromatic rings. The molecule has 36 heavy (non-hydrogen) atoms. The first-order valence-electron chi connectivity index (χ1n) is 11.9. The number of aromatic nitrogens is 5. The zero-order chi connectivity index (χ0) is 24.2. The van der Waals surface area contributed by atoms with Crippen LogP contribution in [0.1, 0.15) is 5.56 Å². The highest BCUT2D eigenvalue weighted by Crippen LogP contribution is 2.40. The van der Waals surface area contributed by atoms with E-state index in [-0.39, 0.29) is 0 Å². The Morgan fingerprint density at radius 1 is 1.06 bits per heavy atom. The van der Waals surface area contributed by atoms with E-state index in [4.69, 9.17) is 4.74 Å². The van der Waals surface area contributed by atoms with Crippen molar-refractivity contribution in [2.45, 2.75) is 6.04 Å². The standard InChI is InChI=1S/C27H22N8O/c1-34-6-7-35-19(14-34)15-36-25-10-16(2-3-24(25)35)26-21-11-20(17(12-28)8-22(21)32-33-26)18-9-23-27(31-13-18)30-5-4-29-23/h2-5,8-11,13,19H,6-7,14-15H2,1H3,(H,32,33). The van der Waals surface area contributed by atoms with Gasteiger partial charge in [0, 0.05) is 60.3 Å². The van der Waals surface area contributed by atoms with Gasteiger partial charge in [-0.25, -0.2) is 9.97 Å². The summed E-state index contributed by atoms with van der Waals surface area (Å²) < 4.78 is 6.19. The molecule has 1 unspecified atom stereocenters. The molecule has 176 valence electrons. The summed E-state index contributed by atoms with van der Waals surface area (Å²) in [6.07, 6.45) is 4.99. The second kappa shape index (κ2) is 8.00. The highest BCUT2D eigenvalue weighted by Gasteiger charge is 2.32. The van der Waals surface area contributed by atoms with Crippen molar-refractivity contribution in [1.82, 2.24) is 30.0 Å². The minimum absolute atomic E-state index is 0.375. The van der Waals surface area contributed by atoms with Crippen LogP contribution in [0.2, 0.25) is 0 Å². The van der Waals surface area contributed by atoms with Crippen LogP contribution in [-0.2, 0) is 0 Å². The van der Waals surface area contributed by atoms with Crippen LogP contribution in [0.5, 0.6) is 5.75 Å². The fourth-order valence-corrected chi connectivity index (χ4v) is 5.29. The second-order valence-corrected chi connectivity index (χ2v) is 9.35. The summed E-state index contributed by atoms with van der Waals surface area (Å²) >= 11 is 0. The van der Waals surface area contributed by atoms with E-state index < -0.39 is 0 Å². The SMILES string of the molecule is CN1CCN2c3ccc(-c4n[nH]c5cc(C#N)c(-c6cnc7nccnc7c6)cc45)cc3OCC2C1. The van der Waals surface area contributed by atoms with Gasteiger partial charge in [0.05, 0.1) is 28.9 Å². The Kier molecular flexibility index (Phi) is 4.62. The molecule has 2 aliphatic rings. The van der Waals surface area contributed by atoms with Crippen LogP contribution in [0, 0.1) is 11.3 Å². The third-order valence-electron chi connectivity index (χ3n) is 7.12. The number of piperazine rings is 1. The molecule has 0 spiro atoms. The van der Waals surface area contributed by atoms with Gasteiger partial charge in [-0.2, -0.15) is 10.4 Å².